The van der Waals surface area contributed by atoms with E-state index in [-0.39, 0.29) is 23.7 Å². The van der Waals surface area contributed by atoms with E-state index in [0.29, 0.717) is 6.54 Å². The number of hydrogen-bond donors (Lipinski definition) is 2. The van der Waals surface area contributed by atoms with Crippen molar-refractivity contribution in [1.29, 1.82) is 0 Å². The minimum atomic E-state index is 0. The lowest BCUT2D eigenvalue weighted by atomic mass is 9.89. The van der Waals surface area contributed by atoms with Crippen LogP contribution in [0.2, 0.25) is 0 Å². The maximum atomic E-state index is 12.2. The van der Waals surface area contributed by atoms with Crippen LogP contribution in [-0.4, -0.2) is 50.3 Å². The van der Waals surface area contributed by atoms with Crippen LogP contribution in [0.15, 0.2) is 29.2 Å². The molecule has 124 valence electrons. The first-order chi connectivity index (χ1) is 10.0. The molecule has 0 aromatic heterocycles. The Bertz CT molecular complexity index is 492. The zero-order valence-electron chi connectivity index (χ0n) is 13.5. The van der Waals surface area contributed by atoms with Gasteiger partial charge in [0.2, 0.25) is 5.91 Å². The number of carbonyl (C=O) groups is 1. The van der Waals surface area contributed by atoms with Crippen molar-refractivity contribution in [2.75, 3.05) is 44.8 Å². The van der Waals surface area contributed by atoms with Crippen molar-refractivity contribution >= 4 is 35.8 Å². The van der Waals surface area contributed by atoms with E-state index in [1.165, 1.54) is 6.42 Å². The van der Waals surface area contributed by atoms with Crippen LogP contribution in [0.25, 0.3) is 0 Å². The van der Waals surface area contributed by atoms with E-state index in [9.17, 15) is 4.79 Å². The molecule has 1 aromatic rings. The molecule has 1 aliphatic rings. The van der Waals surface area contributed by atoms with Crippen LogP contribution in [0.4, 0.5) is 5.69 Å². The lowest BCUT2D eigenvalue weighted by molar-refractivity contribution is -0.117. The lowest BCUT2D eigenvalue weighted by Crippen LogP contribution is -2.39. The van der Waals surface area contributed by atoms with Gasteiger partial charge in [0, 0.05) is 18.0 Å². The summed E-state index contributed by atoms with van der Waals surface area (Å²) in [4.78, 5) is 15.4. The Balaban J connectivity index is 0.00000242. The highest BCUT2D eigenvalue weighted by atomic mass is 35.5. The number of anilines is 1. The van der Waals surface area contributed by atoms with Crippen LogP contribution in [0.3, 0.4) is 0 Å². The maximum absolute atomic E-state index is 12.2. The predicted octanol–water partition coefficient (Wildman–Crippen LogP) is 2.70. The summed E-state index contributed by atoms with van der Waals surface area (Å²) in [6, 6.07) is 7.91. The predicted molar refractivity (Wildman–Crippen MR) is 97.2 cm³/mol. The number of para-hydroxylation sites is 1. The van der Waals surface area contributed by atoms with Crippen molar-refractivity contribution in [3.05, 3.63) is 24.3 Å². The van der Waals surface area contributed by atoms with E-state index in [1.807, 2.05) is 37.6 Å². The summed E-state index contributed by atoms with van der Waals surface area (Å²) in [6.45, 7) is 5.77. The summed E-state index contributed by atoms with van der Waals surface area (Å²) in [7, 11) is 2.02. The van der Waals surface area contributed by atoms with Crippen molar-refractivity contribution in [2.45, 2.75) is 18.2 Å². The zero-order valence-corrected chi connectivity index (χ0v) is 15.1. The second-order valence-corrected chi connectivity index (χ2v) is 7.01. The molecule has 2 N–H and O–H groups in total. The minimum Gasteiger partial charge on any atom is -0.324 e. The van der Waals surface area contributed by atoms with E-state index in [4.69, 9.17) is 0 Å². The molecule has 1 aromatic carbocycles. The number of halogens is 1. The largest absolute Gasteiger partial charge is 0.324 e. The molecule has 1 amide bonds. The van der Waals surface area contributed by atoms with Crippen molar-refractivity contribution < 1.29 is 4.79 Å². The Hall–Kier alpha value is -0.750. The number of thioether (sulfide) groups is 1. The number of amides is 1. The van der Waals surface area contributed by atoms with Gasteiger partial charge in [-0.2, -0.15) is 0 Å². The topological polar surface area (TPSA) is 44.4 Å². The van der Waals surface area contributed by atoms with Gasteiger partial charge in [-0.05, 0) is 43.8 Å². The second-order valence-electron chi connectivity index (χ2n) is 6.16. The van der Waals surface area contributed by atoms with Gasteiger partial charge in [0.15, 0.2) is 0 Å². The highest BCUT2D eigenvalue weighted by Crippen LogP contribution is 2.26. The monoisotopic (exact) mass is 343 g/mol. The fourth-order valence-corrected chi connectivity index (χ4v) is 3.45. The van der Waals surface area contributed by atoms with Crippen LogP contribution < -0.4 is 10.6 Å². The molecular formula is C16H26ClN3OS. The van der Waals surface area contributed by atoms with Gasteiger partial charge in [-0.15, -0.1) is 24.2 Å². The van der Waals surface area contributed by atoms with Gasteiger partial charge in [-0.1, -0.05) is 19.1 Å². The van der Waals surface area contributed by atoms with Gasteiger partial charge in [0.1, 0.15) is 0 Å². The van der Waals surface area contributed by atoms with Crippen LogP contribution in [-0.2, 0) is 4.79 Å². The molecule has 1 fully saturated rings. The zero-order chi connectivity index (χ0) is 15.3. The fraction of sp³-hybridized carbons (Fsp3) is 0.562. The standard InChI is InChI=1S/C16H25N3OS.ClH/c1-16(8-9-17-11-16)12-19(2)10-15(20)18-13-6-4-5-7-14(13)21-3;/h4-7,17H,8-12H2,1-3H3,(H,18,20);1H. The first-order valence-corrected chi connectivity index (χ1v) is 8.57. The average Bonchev–Trinajstić information content (AvgIpc) is 2.85. The van der Waals surface area contributed by atoms with Crippen LogP contribution in [0.5, 0.6) is 0 Å². The second kappa shape index (κ2) is 8.77. The highest BCUT2D eigenvalue weighted by Gasteiger charge is 2.30. The molecule has 1 heterocycles. The van der Waals surface area contributed by atoms with Gasteiger partial charge in [0.25, 0.3) is 0 Å². The number of benzene rings is 1. The number of likely N-dealkylation sites (N-methyl/N-ethyl adjacent to an activating group) is 1. The molecule has 4 nitrogen and oxygen atoms in total. The van der Waals surface area contributed by atoms with Crippen molar-refractivity contribution in [2.24, 2.45) is 5.41 Å². The van der Waals surface area contributed by atoms with Crippen LogP contribution in [0.1, 0.15) is 13.3 Å². The summed E-state index contributed by atoms with van der Waals surface area (Å²) in [6.07, 6.45) is 3.19. The molecule has 2 rings (SSSR count). The first kappa shape index (κ1) is 19.3. The lowest BCUT2D eigenvalue weighted by Gasteiger charge is -2.28. The number of carbonyl (C=O) groups excluding carboxylic acids is 1. The molecular weight excluding hydrogens is 318 g/mol. The van der Waals surface area contributed by atoms with Crippen molar-refractivity contribution in [1.82, 2.24) is 10.2 Å². The summed E-state index contributed by atoms with van der Waals surface area (Å²) in [5, 5.41) is 6.41. The van der Waals surface area contributed by atoms with Crippen LogP contribution >= 0.6 is 24.2 Å². The number of hydrogen-bond acceptors (Lipinski definition) is 4. The van der Waals surface area contributed by atoms with E-state index in [2.05, 4.69) is 22.5 Å². The maximum Gasteiger partial charge on any atom is 0.238 e. The summed E-state index contributed by atoms with van der Waals surface area (Å²) >= 11 is 1.65. The summed E-state index contributed by atoms with van der Waals surface area (Å²) in [5.41, 5.74) is 1.18. The Morgan fingerprint density at radius 1 is 1.45 bits per heavy atom. The minimum absolute atomic E-state index is 0. The number of nitrogens with zero attached hydrogens (tertiary/aromatic N) is 1. The van der Waals surface area contributed by atoms with Crippen molar-refractivity contribution in [3.63, 3.8) is 0 Å². The number of nitrogens with one attached hydrogen (secondary N) is 2. The SMILES string of the molecule is CSc1ccccc1NC(=O)CN(C)CC1(C)CCNC1.Cl. The molecule has 1 atom stereocenters. The van der Waals surface area contributed by atoms with E-state index < -0.39 is 0 Å². The van der Waals surface area contributed by atoms with E-state index in [0.717, 1.165) is 30.2 Å². The third-order valence-electron chi connectivity index (χ3n) is 3.90. The van der Waals surface area contributed by atoms with Gasteiger partial charge < -0.3 is 10.6 Å². The molecule has 0 aliphatic carbocycles. The van der Waals surface area contributed by atoms with Gasteiger partial charge >= 0.3 is 0 Å². The molecule has 1 unspecified atom stereocenters. The average molecular weight is 344 g/mol. The van der Waals surface area contributed by atoms with Gasteiger partial charge in [0.05, 0.1) is 12.2 Å². The highest BCUT2D eigenvalue weighted by molar-refractivity contribution is 7.98. The fourth-order valence-electron chi connectivity index (χ4n) is 2.89. The first-order valence-electron chi connectivity index (χ1n) is 7.34. The third kappa shape index (κ3) is 5.47. The smallest absolute Gasteiger partial charge is 0.238 e. The number of rotatable bonds is 6. The van der Waals surface area contributed by atoms with E-state index >= 15 is 0 Å². The van der Waals surface area contributed by atoms with Gasteiger partial charge in [-0.25, -0.2) is 0 Å². The quantitative estimate of drug-likeness (QED) is 0.779. The molecule has 0 radical (unpaired) electrons. The molecule has 0 bridgehead atoms. The Kier molecular flexibility index (Phi) is 7.69. The molecule has 1 aliphatic heterocycles. The van der Waals surface area contributed by atoms with E-state index in [1.54, 1.807) is 11.8 Å². The Morgan fingerprint density at radius 2 is 2.18 bits per heavy atom. The van der Waals surface area contributed by atoms with Gasteiger partial charge in [-0.3, -0.25) is 9.69 Å². The Labute approximate surface area is 143 Å². The molecule has 22 heavy (non-hydrogen) atoms. The molecule has 1 saturated heterocycles. The molecule has 6 heteroatoms. The van der Waals surface area contributed by atoms with Crippen LogP contribution in [0, 0.1) is 5.41 Å². The molecule has 0 spiro atoms. The summed E-state index contributed by atoms with van der Waals surface area (Å²) in [5.74, 6) is 0.0496. The molecule has 0 saturated carbocycles. The third-order valence-corrected chi connectivity index (χ3v) is 4.70. The summed E-state index contributed by atoms with van der Waals surface area (Å²) < 4.78 is 0. The Morgan fingerprint density at radius 3 is 2.82 bits per heavy atom. The van der Waals surface area contributed by atoms with Crippen molar-refractivity contribution in [3.8, 4) is 0 Å². The normalized spacial score (nSPS) is 20.7.